The second kappa shape index (κ2) is 11.8. The SMILES string of the molecule is Cc1c(OS(=O)(=O)F)c(C)c(N2CCN(C(=O)OCC3c4ccccc4-c4ccccc43)CC2)c(C)c1C(=O)OC(C)(C)C. The van der Waals surface area contributed by atoms with E-state index in [2.05, 4.69) is 24.3 Å². The number of fused-ring (bicyclic) bond motifs is 3. The number of esters is 1. The minimum absolute atomic E-state index is 0.0537. The number of carbonyl (C=O) groups excluding carboxylic acids is 2. The maximum Gasteiger partial charge on any atom is 0.488 e. The van der Waals surface area contributed by atoms with Crippen molar-refractivity contribution >= 4 is 28.3 Å². The summed E-state index contributed by atoms with van der Waals surface area (Å²) in [5.41, 5.74) is 5.46. The van der Waals surface area contributed by atoms with E-state index < -0.39 is 28.2 Å². The van der Waals surface area contributed by atoms with Crippen LogP contribution in [-0.2, 0) is 20.0 Å². The zero-order valence-electron chi connectivity index (χ0n) is 25.8. The lowest BCUT2D eigenvalue weighted by atomic mass is 9.94. The van der Waals surface area contributed by atoms with Gasteiger partial charge in [0.1, 0.15) is 12.2 Å². The van der Waals surface area contributed by atoms with E-state index in [4.69, 9.17) is 13.7 Å². The number of nitrogens with zero attached hydrogens (tertiary/aromatic N) is 2. The van der Waals surface area contributed by atoms with Gasteiger partial charge in [-0.05, 0) is 69.4 Å². The molecule has 234 valence electrons. The lowest BCUT2D eigenvalue weighted by Gasteiger charge is -2.38. The molecule has 1 saturated heterocycles. The average Bonchev–Trinajstić information content (AvgIpc) is 3.26. The van der Waals surface area contributed by atoms with Crippen molar-refractivity contribution in [3.05, 3.63) is 81.9 Å². The number of anilines is 1. The first kappa shape index (κ1) is 31.3. The van der Waals surface area contributed by atoms with Crippen molar-refractivity contribution < 1.29 is 35.5 Å². The molecule has 1 aliphatic carbocycles. The quantitative estimate of drug-likeness (QED) is 0.235. The Labute approximate surface area is 257 Å². The Kier molecular flexibility index (Phi) is 8.37. The molecule has 0 unspecified atom stereocenters. The Morgan fingerprint density at radius 1 is 0.864 bits per heavy atom. The van der Waals surface area contributed by atoms with E-state index in [1.165, 1.54) is 6.92 Å². The van der Waals surface area contributed by atoms with Gasteiger partial charge < -0.3 is 23.5 Å². The van der Waals surface area contributed by atoms with Crippen molar-refractivity contribution in [2.75, 3.05) is 37.7 Å². The van der Waals surface area contributed by atoms with Gasteiger partial charge in [0.25, 0.3) is 0 Å². The van der Waals surface area contributed by atoms with E-state index >= 15 is 0 Å². The Bertz CT molecular complexity index is 1680. The van der Waals surface area contributed by atoms with Gasteiger partial charge in [-0.2, -0.15) is 8.42 Å². The van der Waals surface area contributed by atoms with Crippen molar-refractivity contribution in [1.82, 2.24) is 4.90 Å². The predicted molar refractivity (Wildman–Crippen MR) is 165 cm³/mol. The minimum Gasteiger partial charge on any atom is -0.456 e. The van der Waals surface area contributed by atoms with Crippen LogP contribution in [0.2, 0.25) is 0 Å². The van der Waals surface area contributed by atoms with Gasteiger partial charge in [0.2, 0.25) is 0 Å². The number of ether oxygens (including phenoxy) is 2. The van der Waals surface area contributed by atoms with Crippen LogP contribution in [0.5, 0.6) is 5.75 Å². The van der Waals surface area contributed by atoms with Crippen molar-refractivity contribution in [1.29, 1.82) is 0 Å². The lowest BCUT2D eigenvalue weighted by Crippen LogP contribution is -2.49. The van der Waals surface area contributed by atoms with E-state index in [1.807, 2.05) is 29.2 Å². The Morgan fingerprint density at radius 3 is 1.93 bits per heavy atom. The van der Waals surface area contributed by atoms with Gasteiger partial charge in [0.15, 0.2) is 5.75 Å². The number of rotatable bonds is 6. The molecule has 0 atom stereocenters. The molecule has 2 aliphatic rings. The summed E-state index contributed by atoms with van der Waals surface area (Å²) in [7, 11) is -5.37. The molecule has 1 heterocycles. The van der Waals surface area contributed by atoms with Crippen molar-refractivity contribution in [2.24, 2.45) is 0 Å². The second-order valence-corrected chi connectivity index (χ2v) is 13.1. The Hall–Kier alpha value is -4.12. The number of amides is 1. The number of piperazine rings is 1. The summed E-state index contributed by atoms with van der Waals surface area (Å²) in [5, 5.41) is 0. The number of benzene rings is 3. The third kappa shape index (κ3) is 6.24. The molecular weight excluding hydrogens is 587 g/mol. The van der Waals surface area contributed by atoms with Crippen LogP contribution < -0.4 is 9.08 Å². The van der Waals surface area contributed by atoms with Crippen LogP contribution in [-0.4, -0.2) is 63.8 Å². The molecule has 0 N–H and O–H groups in total. The fourth-order valence-electron chi connectivity index (χ4n) is 6.32. The zero-order valence-corrected chi connectivity index (χ0v) is 26.6. The van der Waals surface area contributed by atoms with Gasteiger partial charge in [0, 0.05) is 48.9 Å². The molecule has 1 amide bonds. The Morgan fingerprint density at radius 2 is 1.41 bits per heavy atom. The maximum atomic E-state index is 13.8. The van der Waals surface area contributed by atoms with Gasteiger partial charge in [-0.1, -0.05) is 52.4 Å². The third-order valence-electron chi connectivity index (χ3n) is 8.12. The topological polar surface area (TPSA) is 102 Å². The molecule has 0 aromatic heterocycles. The fraction of sp³-hybridized carbons (Fsp3) is 0.394. The van der Waals surface area contributed by atoms with Crippen molar-refractivity contribution in [3.8, 4) is 16.9 Å². The minimum atomic E-state index is -5.37. The van der Waals surface area contributed by atoms with E-state index in [0.29, 0.717) is 43.0 Å². The molecule has 1 fully saturated rings. The van der Waals surface area contributed by atoms with Crippen LogP contribution in [0.3, 0.4) is 0 Å². The molecule has 9 nitrogen and oxygen atoms in total. The summed E-state index contributed by atoms with van der Waals surface area (Å²) in [6.07, 6.45) is -0.425. The zero-order chi connectivity index (χ0) is 32.0. The number of hydrogen-bond donors (Lipinski definition) is 0. The Balaban J connectivity index is 1.34. The van der Waals surface area contributed by atoms with Crippen LogP contribution in [0.25, 0.3) is 11.1 Å². The molecule has 11 heteroatoms. The van der Waals surface area contributed by atoms with Crippen LogP contribution in [0, 0.1) is 20.8 Å². The van der Waals surface area contributed by atoms with Crippen LogP contribution in [0.15, 0.2) is 48.5 Å². The smallest absolute Gasteiger partial charge is 0.456 e. The molecule has 44 heavy (non-hydrogen) atoms. The summed E-state index contributed by atoms with van der Waals surface area (Å²) >= 11 is 0. The molecule has 3 aromatic carbocycles. The van der Waals surface area contributed by atoms with Crippen LogP contribution in [0.1, 0.15) is 64.9 Å². The third-order valence-corrected chi connectivity index (χ3v) is 8.48. The first-order valence-electron chi connectivity index (χ1n) is 14.5. The summed E-state index contributed by atoms with van der Waals surface area (Å²) in [5.74, 6) is -0.984. The highest BCUT2D eigenvalue weighted by atomic mass is 32.3. The largest absolute Gasteiger partial charge is 0.488 e. The van der Waals surface area contributed by atoms with Crippen molar-refractivity contribution in [3.63, 3.8) is 0 Å². The highest BCUT2D eigenvalue weighted by Gasteiger charge is 2.33. The predicted octanol–water partition coefficient (Wildman–Crippen LogP) is 6.23. The molecule has 0 saturated carbocycles. The first-order valence-corrected chi connectivity index (χ1v) is 15.8. The van der Waals surface area contributed by atoms with Gasteiger partial charge in [-0.3, -0.25) is 0 Å². The normalized spacial score (nSPS) is 15.1. The summed E-state index contributed by atoms with van der Waals surface area (Å²) in [4.78, 5) is 30.0. The summed E-state index contributed by atoms with van der Waals surface area (Å²) in [6, 6.07) is 16.3. The highest BCUT2D eigenvalue weighted by molar-refractivity contribution is 7.81. The monoisotopic (exact) mass is 624 g/mol. The van der Waals surface area contributed by atoms with E-state index in [1.54, 1.807) is 39.5 Å². The number of halogens is 1. The molecule has 1 aliphatic heterocycles. The lowest BCUT2D eigenvalue weighted by molar-refractivity contribution is 0.00674. The van der Waals surface area contributed by atoms with Gasteiger partial charge in [0.05, 0.1) is 5.56 Å². The number of carbonyl (C=O) groups is 2. The number of hydrogen-bond acceptors (Lipinski definition) is 8. The van der Waals surface area contributed by atoms with E-state index in [-0.39, 0.29) is 29.4 Å². The van der Waals surface area contributed by atoms with Crippen molar-refractivity contribution in [2.45, 2.75) is 53.1 Å². The molecule has 0 radical (unpaired) electrons. The van der Waals surface area contributed by atoms with Gasteiger partial charge in [-0.25, -0.2) is 9.59 Å². The average molecular weight is 625 g/mol. The van der Waals surface area contributed by atoms with Crippen LogP contribution >= 0.6 is 0 Å². The fourth-order valence-corrected chi connectivity index (χ4v) is 6.76. The first-order chi connectivity index (χ1) is 20.7. The standard InChI is InChI=1S/C33H37FN2O7S/c1-20-28(31(37)42-33(4,5)6)21(2)30(43-44(34,39)40)22(3)29(20)35-15-17-36(18-16-35)32(38)41-19-27-25-13-9-7-11-23(25)24-12-8-10-14-26(24)27/h7-14,27H,15-19H2,1-6H3. The molecule has 5 rings (SSSR count). The van der Waals surface area contributed by atoms with Gasteiger partial charge >= 0.3 is 22.6 Å². The molecular formula is C33H37FN2O7S. The summed E-state index contributed by atoms with van der Waals surface area (Å²) in [6.45, 7) is 11.6. The molecule has 3 aromatic rings. The summed E-state index contributed by atoms with van der Waals surface area (Å²) < 4.78 is 53.0. The highest BCUT2D eigenvalue weighted by Crippen LogP contribution is 2.45. The second-order valence-electron chi connectivity index (χ2n) is 12.2. The van der Waals surface area contributed by atoms with E-state index in [0.717, 1.165) is 22.3 Å². The van der Waals surface area contributed by atoms with Crippen LogP contribution in [0.4, 0.5) is 14.4 Å². The van der Waals surface area contributed by atoms with E-state index in [9.17, 15) is 21.9 Å². The van der Waals surface area contributed by atoms with Gasteiger partial charge in [-0.15, -0.1) is 0 Å². The molecule has 0 spiro atoms. The maximum absolute atomic E-state index is 13.8. The molecule has 0 bridgehead atoms.